The second kappa shape index (κ2) is 7.81. The van der Waals surface area contributed by atoms with Crippen molar-refractivity contribution in [2.45, 2.75) is 23.5 Å². The molecule has 0 aliphatic rings. The number of amides is 1. The Morgan fingerprint density at radius 1 is 1.44 bits per heavy atom. The van der Waals surface area contributed by atoms with E-state index in [0.717, 1.165) is 10.9 Å². The van der Waals surface area contributed by atoms with Gasteiger partial charge in [-0.25, -0.2) is 0 Å². The summed E-state index contributed by atoms with van der Waals surface area (Å²) in [6.07, 6.45) is 1.92. The first-order valence-electron chi connectivity index (χ1n) is 5.71. The number of aliphatic hydroxyl groups excluding tert-OH is 1. The lowest BCUT2D eigenvalue weighted by Gasteiger charge is -2.21. The van der Waals surface area contributed by atoms with Gasteiger partial charge >= 0.3 is 0 Å². The van der Waals surface area contributed by atoms with Crippen LogP contribution in [-0.4, -0.2) is 35.2 Å². The fourth-order valence-electron chi connectivity index (χ4n) is 1.57. The summed E-state index contributed by atoms with van der Waals surface area (Å²) in [7, 11) is 0. The number of thioether (sulfide) groups is 1. The molecule has 0 fully saturated rings. The number of hydrogen-bond acceptors (Lipinski definition) is 3. The van der Waals surface area contributed by atoms with Gasteiger partial charge in [0.05, 0.1) is 6.61 Å². The summed E-state index contributed by atoms with van der Waals surface area (Å²) >= 11 is 4.92. The van der Waals surface area contributed by atoms with Crippen LogP contribution in [0.1, 0.15) is 22.8 Å². The molecular formula is C13H18BrNO2S. The van der Waals surface area contributed by atoms with Crippen molar-refractivity contribution in [3.8, 4) is 0 Å². The van der Waals surface area contributed by atoms with Gasteiger partial charge in [0.15, 0.2) is 0 Å². The Hall–Kier alpha value is -0.520. The minimum atomic E-state index is -0.101. The highest BCUT2D eigenvalue weighted by Gasteiger charge is 2.17. The molecule has 0 spiro atoms. The predicted molar refractivity (Wildman–Crippen MR) is 80.4 cm³/mol. The summed E-state index contributed by atoms with van der Waals surface area (Å²) in [6.45, 7) is 1.97. The zero-order chi connectivity index (χ0) is 13.5. The summed E-state index contributed by atoms with van der Waals surface area (Å²) in [5.74, 6) is -0.101. The minimum absolute atomic E-state index is 0.0239. The van der Waals surface area contributed by atoms with Crippen molar-refractivity contribution in [1.82, 2.24) is 5.32 Å². The van der Waals surface area contributed by atoms with Crippen molar-refractivity contribution >= 4 is 33.6 Å². The number of aliphatic hydroxyl groups is 1. The molecule has 1 aromatic rings. The number of halogens is 1. The smallest absolute Gasteiger partial charge is 0.251 e. The second-order valence-electron chi connectivity index (χ2n) is 4.05. The highest BCUT2D eigenvalue weighted by molar-refractivity contribution is 9.08. The number of carbonyl (C=O) groups is 1. The van der Waals surface area contributed by atoms with Crippen LogP contribution in [0.15, 0.2) is 24.3 Å². The monoisotopic (exact) mass is 331 g/mol. The molecule has 0 radical (unpaired) electrons. The van der Waals surface area contributed by atoms with Crippen molar-refractivity contribution in [3.05, 3.63) is 35.4 Å². The Labute approximate surface area is 120 Å². The van der Waals surface area contributed by atoms with Crippen LogP contribution in [0, 0.1) is 0 Å². The Morgan fingerprint density at radius 3 is 2.50 bits per heavy atom. The highest BCUT2D eigenvalue weighted by Crippen LogP contribution is 2.12. The molecule has 2 N–H and O–H groups in total. The highest BCUT2D eigenvalue weighted by atomic mass is 79.9. The summed E-state index contributed by atoms with van der Waals surface area (Å²) in [6, 6.07) is 7.41. The Balaban J connectivity index is 2.64. The molecule has 2 unspecified atom stereocenters. The van der Waals surface area contributed by atoms with Gasteiger partial charge in [-0.3, -0.25) is 4.79 Å². The van der Waals surface area contributed by atoms with E-state index in [2.05, 4.69) is 21.2 Å². The van der Waals surface area contributed by atoms with E-state index in [4.69, 9.17) is 0 Å². The Kier molecular flexibility index (Phi) is 6.75. The van der Waals surface area contributed by atoms with Gasteiger partial charge in [0.25, 0.3) is 5.91 Å². The molecule has 0 bridgehead atoms. The van der Waals surface area contributed by atoms with Gasteiger partial charge in [-0.05, 0) is 30.9 Å². The van der Waals surface area contributed by atoms with Crippen LogP contribution < -0.4 is 5.32 Å². The topological polar surface area (TPSA) is 49.3 Å². The molecule has 0 aromatic heterocycles. The van der Waals surface area contributed by atoms with E-state index in [1.807, 2.05) is 37.4 Å². The van der Waals surface area contributed by atoms with Gasteiger partial charge in [0.1, 0.15) is 0 Å². The zero-order valence-electron chi connectivity index (χ0n) is 10.5. The van der Waals surface area contributed by atoms with Crippen LogP contribution in [0.4, 0.5) is 0 Å². The maximum atomic E-state index is 12.0. The van der Waals surface area contributed by atoms with Gasteiger partial charge in [-0.15, -0.1) is 0 Å². The van der Waals surface area contributed by atoms with Crippen LogP contribution in [0.5, 0.6) is 0 Å². The maximum absolute atomic E-state index is 12.0. The second-order valence-corrected chi connectivity index (χ2v) is 5.69. The summed E-state index contributed by atoms with van der Waals surface area (Å²) in [4.78, 5) is 12.0. The van der Waals surface area contributed by atoms with Gasteiger partial charge in [-0.1, -0.05) is 28.1 Å². The Bertz CT molecular complexity index is 379. The molecule has 1 rings (SSSR count). The quantitative estimate of drug-likeness (QED) is 0.787. The van der Waals surface area contributed by atoms with Crippen molar-refractivity contribution < 1.29 is 9.90 Å². The fraction of sp³-hybridized carbons (Fsp3) is 0.462. The van der Waals surface area contributed by atoms with E-state index in [1.165, 1.54) is 0 Å². The van der Waals surface area contributed by atoms with Crippen LogP contribution in [-0.2, 0) is 5.33 Å². The zero-order valence-corrected chi connectivity index (χ0v) is 12.9. The normalized spacial score (nSPS) is 14.0. The lowest BCUT2D eigenvalue weighted by molar-refractivity contribution is 0.0936. The van der Waals surface area contributed by atoms with E-state index in [1.54, 1.807) is 11.8 Å². The van der Waals surface area contributed by atoms with Gasteiger partial charge in [0.2, 0.25) is 0 Å². The molecule has 100 valence electrons. The number of carbonyl (C=O) groups excluding carboxylic acids is 1. The molecule has 0 aliphatic carbocycles. The first kappa shape index (κ1) is 15.5. The first-order valence-corrected chi connectivity index (χ1v) is 8.12. The lowest BCUT2D eigenvalue weighted by Crippen LogP contribution is -2.41. The van der Waals surface area contributed by atoms with E-state index < -0.39 is 0 Å². The standard InChI is InChI=1S/C13H18BrNO2S/c1-9(12(8-16)18-2)15-13(17)11-5-3-10(7-14)4-6-11/h3-6,9,12,16H,7-8H2,1-2H3,(H,15,17). The van der Waals surface area contributed by atoms with E-state index >= 15 is 0 Å². The summed E-state index contributed by atoms with van der Waals surface area (Å²) in [5.41, 5.74) is 1.78. The summed E-state index contributed by atoms with van der Waals surface area (Å²) < 4.78 is 0. The van der Waals surface area contributed by atoms with Crippen LogP contribution >= 0.6 is 27.7 Å². The maximum Gasteiger partial charge on any atom is 0.251 e. The van der Waals surface area contributed by atoms with Gasteiger partial charge < -0.3 is 10.4 Å². The third-order valence-electron chi connectivity index (χ3n) is 2.77. The predicted octanol–water partition coefficient (Wildman–Crippen LogP) is 2.42. The van der Waals surface area contributed by atoms with E-state index in [-0.39, 0.29) is 23.8 Å². The molecule has 5 heteroatoms. The number of hydrogen-bond donors (Lipinski definition) is 2. The third-order valence-corrected chi connectivity index (χ3v) is 4.58. The summed E-state index contributed by atoms with van der Waals surface area (Å²) in [5, 5.41) is 12.9. The Morgan fingerprint density at radius 2 is 2.06 bits per heavy atom. The van der Waals surface area contributed by atoms with E-state index in [9.17, 15) is 9.90 Å². The van der Waals surface area contributed by atoms with Crippen molar-refractivity contribution in [2.24, 2.45) is 0 Å². The largest absolute Gasteiger partial charge is 0.395 e. The van der Waals surface area contributed by atoms with E-state index in [0.29, 0.717) is 5.56 Å². The van der Waals surface area contributed by atoms with Crippen molar-refractivity contribution in [2.75, 3.05) is 12.9 Å². The molecule has 1 amide bonds. The van der Waals surface area contributed by atoms with Crippen LogP contribution in [0.3, 0.4) is 0 Å². The minimum Gasteiger partial charge on any atom is -0.395 e. The number of rotatable bonds is 6. The number of alkyl halides is 1. The first-order chi connectivity index (χ1) is 8.62. The molecule has 3 nitrogen and oxygen atoms in total. The van der Waals surface area contributed by atoms with Gasteiger partial charge in [0, 0.05) is 22.2 Å². The molecule has 2 atom stereocenters. The fourth-order valence-corrected chi connectivity index (χ4v) is 2.56. The van der Waals surface area contributed by atoms with Crippen molar-refractivity contribution in [3.63, 3.8) is 0 Å². The SMILES string of the molecule is CSC(CO)C(C)NC(=O)c1ccc(CBr)cc1. The van der Waals surface area contributed by atoms with Crippen molar-refractivity contribution in [1.29, 1.82) is 0 Å². The number of nitrogens with one attached hydrogen (secondary N) is 1. The van der Waals surface area contributed by atoms with Crippen LogP contribution in [0.25, 0.3) is 0 Å². The number of benzene rings is 1. The molecule has 0 saturated heterocycles. The molecule has 0 aliphatic heterocycles. The molecular weight excluding hydrogens is 314 g/mol. The lowest BCUT2D eigenvalue weighted by atomic mass is 10.1. The molecule has 18 heavy (non-hydrogen) atoms. The average molecular weight is 332 g/mol. The molecule has 1 aromatic carbocycles. The van der Waals surface area contributed by atoms with Gasteiger partial charge in [-0.2, -0.15) is 11.8 Å². The average Bonchev–Trinajstić information content (AvgIpc) is 2.40. The third kappa shape index (κ3) is 4.30. The molecule has 0 saturated carbocycles. The van der Waals surface area contributed by atoms with Crippen LogP contribution in [0.2, 0.25) is 0 Å². The molecule has 0 heterocycles.